The van der Waals surface area contributed by atoms with Crippen molar-refractivity contribution in [1.29, 1.82) is 0 Å². The molecule has 0 saturated carbocycles. The van der Waals surface area contributed by atoms with Crippen molar-refractivity contribution in [2.45, 2.75) is 137 Å². The Hall–Kier alpha value is -2.98. The average molecular weight is 621 g/mol. The van der Waals surface area contributed by atoms with Gasteiger partial charge >= 0.3 is 23.9 Å². The van der Waals surface area contributed by atoms with Crippen molar-refractivity contribution in [3.63, 3.8) is 0 Å². The summed E-state index contributed by atoms with van der Waals surface area (Å²) in [6.07, 6.45) is 8.59. The molecule has 2 rings (SSSR count). The topological polar surface area (TPSA) is 138 Å². The number of carbonyl (C=O) groups is 4. The van der Waals surface area contributed by atoms with Crippen molar-refractivity contribution in [3.8, 4) is 0 Å². The molecule has 0 aliphatic carbocycles. The minimum Gasteiger partial charge on any atom is -0.462 e. The molecular weight excluding hydrogens is 568 g/mol. The number of ether oxygens (including phenoxy) is 5. The summed E-state index contributed by atoms with van der Waals surface area (Å²) in [7, 11) is 0. The normalized spacial score (nSPS) is 32.0. The highest BCUT2D eigenvalue weighted by Crippen LogP contribution is 2.37. The zero-order valence-electron chi connectivity index (χ0n) is 27.7. The summed E-state index contributed by atoms with van der Waals surface area (Å²) in [5.41, 5.74) is -0.667. The molecule has 0 amide bonds. The number of esters is 4. The number of aliphatic hydroxyl groups is 1. The molecular formula is C34H52O10. The Kier molecular flexibility index (Phi) is 14.3. The quantitative estimate of drug-likeness (QED) is 0.108. The Balaban J connectivity index is 2.17. The smallest absolute Gasteiger partial charge is 0.310 e. The van der Waals surface area contributed by atoms with Crippen LogP contribution >= 0.6 is 0 Å². The fourth-order valence-corrected chi connectivity index (χ4v) is 5.69. The molecule has 0 bridgehead atoms. The van der Waals surface area contributed by atoms with E-state index in [0.717, 1.165) is 18.4 Å². The fourth-order valence-electron chi connectivity index (χ4n) is 5.69. The van der Waals surface area contributed by atoms with Crippen LogP contribution in [-0.4, -0.2) is 71.2 Å². The first-order chi connectivity index (χ1) is 20.5. The van der Waals surface area contributed by atoms with E-state index in [2.05, 4.69) is 19.9 Å². The van der Waals surface area contributed by atoms with E-state index in [-0.39, 0.29) is 61.3 Å². The number of rotatable bonds is 11. The minimum atomic E-state index is -1.46. The molecule has 2 heterocycles. The summed E-state index contributed by atoms with van der Waals surface area (Å²) < 4.78 is 28.0. The Bertz CT molecular complexity index is 1090. The van der Waals surface area contributed by atoms with Crippen molar-refractivity contribution in [2.24, 2.45) is 17.8 Å². The first kappa shape index (κ1) is 37.2. The zero-order chi connectivity index (χ0) is 33.2. The molecule has 10 unspecified atom stereocenters. The second-order valence-electron chi connectivity index (χ2n) is 12.6. The maximum Gasteiger partial charge on any atom is 0.310 e. The molecule has 1 saturated heterocycles. The number of epoxide rings is 1. The number of cyclic esters (lactones) is 1. The molecule has 1 N–H and O–H groups in total. The van der Waals surface area contributed by atoms with Gasteiger partial charge in [-0.3, -0.25) is 19.2 Å². The summed E-state index contributed by atoms with van der Waals surface area (Å²) in [6, 6.07) is 0. The van der Waals surface area contributed by atoms with E-state index in [1.165, 1.54) is 20.8 Å². The molecule has 10 nitrogen and oxygen atoms in total. The molecule has 10 atom stereocenters. The van der Waals surface area contributed by atoms with Gasteiger partial charge in [0.15, 0.2) is 0 Å². The van der Waals surface area contributed by atoms with E-state index in [1.54, 1.807) is 19.1 Å². The van der Waals surface area contributed by atoms with Gasteiger partial charge in [-0.2, -0.15) is 0 Å². The van der Waals surface area contributed by atoms with Gasteiger partial charge in [0.25, 0.3) is 0 Å². The van der Waals surface area contributed by atoms with Gasteiger partial charge in [0, 0.05) is 32.6 Å². The standard InChI is InChI=1S/C34H52O10/c1-10-28(41-25(7)36)23(5)33-29(43-33)18-20(2)12-11-13-21(3)32-22(4)14-15-30(42-26(8)37)34(9,39)17-16-27(40-24(6)35)19-31(38)44-32/h11-15,20,22-23,27-30,32-33,39H,10,16-19H2,1-9H3. The van der Waals surface area contributed by atoms with E-state index < -0.39 is 41.8 Å². The van der Waals surface area contributed by atoms with Crippen LogP contribution in [0.4, 0.5) is 0 Å². The molecule has 0 aromatic rings. The third-order valence-electron chi connectivity index (χ3n) is 8.23. The van der Waals surface area contributed by atoms with Crippen LogP contribution in [0.5, 0.6) is 0 Å². The molecule has 1 fully saturated rings. The van der Waals surface area contributed by atoms with Crippen LogP contribution in [0.3, 0.4) is 0 Å². The lowest BCUT2D eigenvalue weighted by atomic mass is 9.88. The van der Waals surface area contributed by atoms with Crippen molar-refractivity contribution in [3.05, 3.63) is 36.0 Å². The van der Waals surface area contributed by atoms with E-state index in [4.69, 9.17) is 23.7 Å². The highest BCUT2D eigenvalue weighted by Gasteiger charge is 2.46. The average Bonchev–Trinajstić information content (AvgIpc) is 3.68. The van der Waals surface area contributed by atoms with Gasteiger partial charge in [-0.15, -0.1) is 0 Å². The SMILES string of the molecule is CCC(OC(C)=O)C(C)C1OC1CC(C)C=CC=C(C)C1OC(=O)CC(OC(C)=O)CCC(C)(O)C(OC(C)=O)C=CC1C. The summed E-state index contributed by atoms with van der Waals surface area (Å²) in [5.74, 6) is -1.89. The van der Waals surface area contributed by atoms with E-state index in [0.29, 0.717) is 0 Å². The maximum atomic E-state index is 13.0. The van der Waals surface area contributed by atoms with Crippen molar-refractivity contribution < 1.29 is 48.0 Å². The van der Waals surface area contributed by atoms with E-state index in [9.17, 15) is 24.3 Å². The predicted octanol–water partition coefficient (Wildman–Crippen LogP) is 5.16. The van der Waals surface area contributed by atoms with Gasteiger partial charge in [0.1, 0.15) is 30.0 Å². The monoisotopic (exact) mass is 620 g/mol. The first-order valence-electron chi connectivity index (χ1n) is 15.7. The zero-order valence-corrected chi connectivity index (χ0v) is 27.7. The predicted molar refractivity (Wildman–Crippen MR) is 164 cm³/mol. The second kappa shape index (κ2) is 16.9. The van der Waals surface area contributed by atoms with Crippen LogP contribution in [0.25, 0.3) is 0 Å². The van der Waals surface area contributed by atoms with Gasteiger partial charge in [0.2, 0.25) is 0 Å². The molecule has 248 valence electrons. The first-order valence-corrected chi connectivity index (χ1v) is 15.7. The fraction of sp³-hybridized carbons (Fsp3) is 0.706. The highest BCUT2D eigenvalue weighted by molar-refractivity contribution is 5.72. The molecule has 10 heteroatoms. The van der Waals surface area contributed by atoms with Gasteiger partial charge in [-0.1, -0.05) is 52.0 Å². The van der Waals surface area contributed by atoms with E-state index >= 15 is 0 Å². The number of hydrogen-bond acceptors (Lipinski definition) is 10. The van der Waals surface area contributed by atoms with Crippen molar-refractivity contribution >= 4 is 23.9 Å². The number of carbonyl (C=O) groups excluding carboxylic acids is 4. The molecule has 2 aliphatic rings. The summed E-state index contributed by atoms with van der Waals surface area (Å²) >= 11 is 0. The highest BCUT2D eigenvalue weighted by atomic mass is 16.6. The number of hydrogen-bond donors (Lipinski definition) is 1. The van der Waals surface area contributed by atoms with Crippen molar-refractivity contribution in [2.75, 3.05) is 0 Å². The Morgan fingerprint density at radius 2 is 1.75 bits per heavy atom. The third kappa shape index (κ3) is 12.2. The number of allylic oxidation sites excluding steroid dienone is 3. The molecule has 2 aliphatic heterocycles. The molecule has 0 aromatic carbocycles. The van der Waals surface area contributed by atoms with Crippen LogP contribution in [0, 0.1) is 17.8 Å². The minimum absolute atomic E-state index is 0.0584. The van der Waals surface area contributed by atoms with Crippen LogP contribution < -0.4 is 0 Å². The summed E-state index contributed by atoms with van der Waals surface area (Å²) in [4.78, 5) is 47.9. The second-order valence-corrected chi connectivity index (χ2v) is 12.6. The van der Waals surface area contributed by atoms with Crippen LogP contribution in [-0.2, 0) is 42.9 Å². The lowest BCUT2D eigenvalue weighted by Gasteiger charge is -2.33. The van der Waals surface area contributed by atoms with Crippen molar-refractivity contribution in [1.82, 2.24) is 0 Å². The lowest BCUT2D eigenvalue weighted by molar-refractivity contribution is -0.160. The Labute approximate surface area is 262 Å². The largest absolute Gasteiger partial charge is 0.462 e. The van der Waals surface area contributed by atoms with Gasteiger partial charge < -0.3 is 28.8 Å². The Morgan fingerprint density at radius 1 is 1.09 bits per heavy atom. The van der Waals surface area contributed by atoms with Crippen LogP contribution in [0.1, 0.15) is 94.4 Å². The van der Waals surface area contributed by atoms with Crippen LogP contribution in [0.15, 0.2) is 36.0 Å². The lowest BCUT2D eigenvalue weighted by Crippen LogP contribution is -2.42. The Morgan fingerprint density at radius 3 is 2.34 bits per heavy atom. The van der Waals surface area contributed by atoms with Gasteiger partial charge in [0.05, 0.1) is 18.6 Å². The van der Waals surface area contributed by atoms with Gasteiger partial charge in [-0.25, -0.2) is 0 Å². The summed E-state index contributed by atoms with van der Waals surface area (Å²) in [6.45, 7) is 15.4. The summed E-state index contributed by atoms with van der Waals surface area (Å²) in [5, 5.41) is 11.2. The van der Waals surface area contributed by atoms with Gasteiger partial charge in [-0.05, 0) is 57.1 Å². The molecule has 0 spiro atoms. The van der Waals surface area contributed by atoms with Crippen LogP contribution in [0.2, 0.25) is 0 Å². The van der Waals surface area contributed by atoms with E-state index in [1.807, 2.05) is 32.9 Å². The third-order valence-corrected chi connectivity index (χ3v) is 8.23. The molecule has 44 heavy (non-hydrogen) atoms. The molecule has 0 radical (unpaired) electrons. The molecule has 0 aromatic heterocycles. The maximum absolute atomic E-state index is 13.0.